The molecule has 7 nitrogen and oxygen atoms in total. The number of nitrogens with two attached hydrogens (primary N) is 1. The normalized spacial score (nSPS) is 10.5. The summed E-state index contributed by atoms with van der Waals surface area (Å²) in [6.07, 6.45) is 0. The van der Waals surface area contributed by atoms with Gasteiger partial charge in [-0.1, -0.05) is 0 Å². The molecule has 0 atom stereocenters. The maximum absolute atomic E-state index is 9.32. The maximum atomic E-state index is 9.32. The summed E-state index contributed by atoms with van der Waals surface area (Å²) in [7, 11) is 0. The van der Waals surface area contributed by atoms with Crippen LogP contribution in [0.15, 0.2) is 48.5 Å². The molecule has 7 heteroatoms. The first-order valence-corrected chi connectivity index (χ1v) is 6.76. The number of nitrogens with zero attached hydrogens (tertiary/aromatic N) is 4. The second kappa shape index (κ2) is 6.13. The van der Waals surface area contributed by atoms with Gasteiger partial charge in [0.2, 0.25) is 0 Å². The molecule has 0 saturated heterocycles. The topological polar surface area (TPSA) is 99.1 Å². The van der Waals surface area contributed by atoms with Crippen LogP contribution >= 0.6 is 0 Å². The molecule has 0 spiro atoms. The van der Waals surface area contributed by atoms with Crippen LogP contribution in [0.2, 0.25) is 0 Å². The third kappa shape index (κ3) is 3.14. The van der Waals surface area contributed by atoms with Crippen molar-refractivity contribution in [2.75, 3.05) is 12.3 Å². The molecule has 2 aromatic carbocycles. The van der Waals surface area contributed by atoms with Crippen molar-refractivity contribution in [2.24, 2.45) is 0 Å². The molecule has 0 unspecified atom stereocenters. The summed E-state index contributed by atoms with van der Waals surface area (Å²) in [5.74, 6) is 1.57. The summed E-state index contributed by atoms with van der Waals surface area (Å²) in [5, 5.41) is 21.0. The molecule has 22 heavy (non-hydrogen) atoms. The molecule has 0 aliphatic carbocycles. The standard InChI is InChI=1S/C15H15N5O2/c16-12-3-7-14(8-4-12)22-10-9-20-15(17-18-19-20)11-1-5-13(21)6-2-11/h1-8,21H,9-10,16H2. The highest BCUT2D eigenvalue weighted by molar-refractivity contribution is 5.55. The van der Waals surface area contributed by atoms with E-state index in [1.807, 2.05) is 12.1 Å². The Hall–Kier alpha value is -3.09. The van der Waals surface area contributed by atoms with Crippen LogP contribution in [-0.2, 0) is 6.54 Å². The summed E-state index contributed by atoms with van der Waals surface area (Å²) in [5.41, 5.74) is 7.15. The van der Waals surface area contributed by atoms with Crippen molar-refractivity contribution in [3.8, 4) is 22.9 Å². The van der Waals surface area contributed by atoms with Crippen LogP contribution < -0.4 is 10.5 Å². The van der Waals surface area contributed by atoms with Crippen molar-refractivity contribution >= 4 is 5.69 Å². The van der Waals surface area contributed by atoms with Crippen LogP contribution in [0.4, 0.5) is 5.69 Å². The summed E-state index contributed by atoms with van der Waals surface area (Å²) in [4.78, 5) is 0. The first kappa shape index (κ1) is 13.9. The fourth-order valence-electron chi connectivity index (χ4n) is 1.99. The van der Waals surface area contributed by atoms with Gasteiger partial charge in [-0.2, -0.15) is 0 Å². The lowest BCUT2D eigenvalue weighted by molar-refractivity contribution is 0.290. The lowest BCUT2D eigenvalue weighted by atomic mass is 10.2. The zero-order valence-electron chi connectivity index (χ0n) is 11.8. The van der Waals surface area contributed by atoms with Crippen molar-refractivity contribution in [2.45, 2.75) is 6.54 Å². The maximum Gasteiger partial charge on any atom is 0.182 e. The van der Waals surface area contributed by atoms with Gasteiger partial charge >= 0.3 is 0 Å². The molecule has 3 aromatic rings. The van der Waals surface area contributed by atoms with Crippen molar-refractivity contribution in [1.29, 1.82) is 0 Å². The summed E-state index contributed by atoms with van der Waals surface area (Å²) in [6, 6.07) is 13.9. The lowest BCUT2D eigenvalue weighted by Crippen LogP contribution is -2.11. The van der Waals surface area contributed by atoms with E-state index in [0.717, 1.165) is 11.3 Å². The Kier molecular flexibility index (Phi) is 3.86. The highest BCUT2D eigenvalue weighted by Gasteiger charge is 2.08. The van der Waals surface area contributed by atoms with Crippen LogP contribution in [0.1, 0.15) is 0 Å². The lowest BCUT2D eigenvalue weighted by Gasteiger charge is -2.07. The van der Waals surface area contributed by atoms with Crippen molar-refractivity contribution in [3.63, 3.8) is 0 Å². The second-order valence-corrected chi connectivity index (χ2v) is 4.69. The van der Waals surface area contributed by atoms with Crippen LogP contribution in [0, 0.1) is 0 Å². The minimum atomic E-state index is 0.203. The SMILES string of the molecule is Nc1ccc(OCCn2nnnc2-c2ccc(O)cc2)cc1. The number of aromatic nitrogens is 4. The number of nitrogen functional groups attached to an aromatic ring is 1. The minimum absolute atomic E-state index is 0.203. The van der Waals surface area contributed by atoms with E-state index in [-0.39, 0.29) is 5.75 Å². The quantitative estimate of drug-likeness (QED) is 0.695. The second-order valence-electron chi connectivity index (χ2n) is 4.69. The highest BCUT2D eigenvalue weighted by Crippen LogP contribution is 2.19. The molecule has 3 rings (SSSR count). The van der Waals surface area contributed by atoms with Crippen molar-refractivity contribution < 1.29 is 9.84 Å². The Morgan fingerprint density at radius 3 is 2.50 bits per heavy atom. The number of phenolic OH excluding ortho intramolecular Hbond substituents is 1. The summed E-state index contributed by atoms with van der Waals surface area (Å²) < 4.78 is 7.29. The number of phenols is 1. The number of benzene rings is 2. The third-order valence-corrected chi connectivity index (χ3v) is 3.11. The van der Waals surface area contributed by atoms with Gasteiger partial charge in [-0.3, -0.25) is 0 Å². The van der Waals surface area contributed by atoms with Gasteiger partial charge in [-0.15, -0.1) is 5.10 Å². The molecule has 0 aliphatic heterocycles. The Bertz CT molecular complexity index is 737. The van der Waals surface area contributed by atoms with E-state index in [4.69, 9.17) is 10.5 Å². The first-order chi connectivity index (χ1) is 10.7. The smallest absolute Gasteiger partial charge is 0.182 e. The summed E-state index contributed by atoms with van der Waals surface area (Å²) in [6.45, 7) is 0.938. The Morgan fingerprint density at radius 1 is 1.05 bits per heavy atom. The number of rotatable bonds is 5. The average molecular weight is 297 g/mol. The Balaban J connectivity index is 1.65. The van der Waals surface area contributed by atoms with Crippen molar-refractivity contribution in [1.82, 2.24) is 20.2 Å². The van der Waals surface area contributed by atoms with Gasteiger partial charge in [0.05, 0.1) is 6.54 Å². The molecular weight excluding hydrogens is 282 g/mol. The number of aromatic hydroxyl groups is 1. The number of hydrogen-bond donors (Lipinski definition) is 2. The van der Waals surface area contributed by atoms with E-state index >= 15 is 0 Å². The van der Waals surface area contributed by atoms with Crippen LogP contribution in [0.25, 0.3) is 11.4 Å². The van der Waals surface area contributed by atoms with Gasteiger partial charge in [-0.05, 0) is 59.0 Å². The highest BCUT2D eigenvalue weighted by atomic mass is 16.5. The van der Waals surface area contributed by atoms with E-state index in [1.54, 1.807) is 41.1 Å². The van der Waals surface area contributed by atoms with Gasteiger partial charge in [0.1, 0.15) is 18.1 Å². The number of anilines is 1. The predicted molar refractivity (Wildman–Crippen MR) is 81.3 cm³/mol. The first-order valence-electron chi connectivity index (χ1n) is 6.76. The largest absolute Gasteiger partial charge is 0.508 e. The fourth-order valence-corrected chi connectivity index (χ4v) is 1.99. The number of tetrazole rings is 1. The zero-order chi connectivity index (χ0) is 15.4. The van der Waals surface area contributed by atoms with Crippen LogP contribution in [0.3, 0.4) is 0 Å². The zero-order valence-corrected chi connectivity index (χ0v) is 11.8. The molecule has 0 radical (unpaired) electrons. The van der Waals surface area contributed by atoms with Gasteiger partial charge in [0.25, 0.3) is 0 Å². The van der Waals surface area contributed by atoms with E-state index in [2.05, 4.69) is 15.5 Å². The molecule has 112 valence electrons. The molecule has 0 saturated carbocycles. The van der Waals surface area contributed by atoms with Crippen molar-refractivity contribution in [3.05, 3.63) is 48.5 Å². The van der Waals surface area contributed by atoms with Gasteiger partial charge in [0, 0.05) is 11.3 Å². The minimum Gasteiger partial charge on any atom is -0.508 e. The van der Waals surface area contributed by atoms with E-state index in [9.17, 15) is 5.11 Å². The summed E-state index contributed by atoms with van der Waals surface area (Å²) >= 11 is 0. The van der Waals surface area contributed by atoms with E-state index in [0.29, 0.717) is 24.7 Å². The van der Waals surface area contributed by atoms with Gasteiger partial charge in [-0.25, -0.2) is 4.68 Å². The number of hydrogen-bond acceptors (Lipinski definition) is 6. The van der Waals surface area contributed by atoms with Crippen LogP contribution in [0.5, 0.6) is 11.5 Å². The fraction of sp³-hybridized carbons (Fsp3) is 0.133. The molecule has 0 aliphatic rings. The molecule has 0 bridgehead atoms. The third-order valence-electron chi connectivity index (χ3n) is 3.11. The van der Waals surface area contributed by atoms with E-state index in [1.165, 1.54) is 0 Å². The monoisotopic (exact) mass is 297 g/mol. The Labute approximate surface area is 127 Å². The molecule has 0 amide bonds. The number of ether oxygens (including phenoxy) is 1. The van der Waals surface area contributed by atoms with Gasteiger partial charge in [0.15, 0.2) is 5.82 Å². The van der Waals surface area contributed by atoms with Gasteiger partial charge < -0.3 is 15.6 Å². The molecule has 3 N–H and O–H groups in total. The molecule has 0 fully saturated rings. The average Bonchev–Trinajstić information content (AvgIpc) is 2.98. The molecule has 1 heterocycles. The molecular formula is C15H15N5O2. The Morgan fingerprint density at radius 2 is 1.77 bits per heavy atom. The van der Waals surface area contributed by atoms with Crippen LogP contribution in [-0.4, -0.2) is 31.9 Å². The predicted octanol–water partition coefficient (Wildman–Crippen LogP) is 1.71. The van der Waals surface area contributed by atoms with E-state index < -0.39 is 0 Å². The molecule has 1 aromatic heterocycles.